The highest BCUT2D eigenvalue weighted by atomic mass is 35.5. The van der Waals surface area contributed by atoms with E-state index in [0.29, 0.717) is 30.1 Å². The molecule has 116 valence electrons. The summed E-state index contributed by atoms with van der Waals surface area (Å²) in [6.07, 6.45) is 2.46. The van der Waals surface area contributed by atoms with E-state index < -0.39 is 10.0 Å². The summed E-state index contributed by atoms with van der Waals surface area (Å²) < 4.78 is 24.5. The van der Waals surface area contributed by atoms with Crippen LogP contribution in [0.25, 0.3) is 0 Å². The summed E-state index contributed by atoms with van der Waals surface area (Å²) in [6, 6.07) is 4.97. The first-order valence-corrected chi connectivity index (χ1v) is 9.09. The topological polar surface area (TPSA) is 66.5 Å². The van der Waals surface area contributed by atoms with E-state index in [0.717, 1.165) is 6.26 Å². The number of piperidine rings is 1. The molecule has 1 aliphatic rings. The van der Waals surface area contributed by atoms with Crippen LogP contribution in [0, 0.1) is 5.92 Å². The van der Waals surface area contributed by atoms with E-state index in [1.54, 1.807) is 18.2 Å². The molecule has 0 spiro atoms. The molecule has 1 amide bonds. The standard InChI is InChI=1S/C13H16Cl2N2O3S/c1-21(19,20)17-7-3-4-9(8-17)13(18)16-11-6-2-5-10(14)12(11)15/h2,5-6,9H,3-4,7-8H2,1H3,(H,16,18). The maximum atomic E-state index is 12.3. The maximum Gasteiger partial charge on any atom is 0.228 e. The van der Waals surface area contributed by atoms with Crippen LogP contribution < -0.4 is 5.32 Å². The van der Waals surface area contributed by atoms with Gasteiger partial charge in [-0.05, 0) is 25.0 Å². The summed E-state index contributed by atoms with van der Waals surface area (Å²) in [5.41, 5.74) is 0.436. The van der Waals surface area contributed by atoms with E-state index in [-0.39, 0.29) is 23.4 Å². The molecular formula is C13H16Cl2N2O3S. The van der Waals surface area contributed by atoms with Gasteiger partial charge in [0.05, 0.1) is 27.9 Å². The van der Waals surface area contributed by atoms with Crippen molar-refractivity contribution in [1.29, 1.82) is 0 Å². The molecule has 1 atom stereocenters. The molecule has 1 saturated heterocycles. The molecular weight excluding hydrogens is 335 g/mol. The smallest absolute Gasteiger partial charge is 0.228 e. The molecule has 0 aromatic heterocycles. The fourth-order valence-corrected chi connectivity index (χ4v) is 3.55. The zero-order valence-electron chi connectivity index (χ0n) is 11.5. The van der Waals surface area contributed by atoms with Crippen LogP contribution in [0.3, 0.4) is 0 Å². The minimum Gasteiger partial charge on any atom is -0.324 e. The van der Waals surface area contributed by atoms with Crippen LogP contribution >= 0.6 is 23.2 Å². The number of amides is 1. The zero-order chi connectivity index (χ0) is 15.6. The third-order valence-electron chi connectivity index (χ3n) is 3.43. The zero-order valence-corrected chi connectivity index (χ0v) is 13.8. The Bertz CT molecular complexity index is 649. The third-order valence-corrected chi connectivity index (χ3v) is 5.52. The number of nitrogens with one attached hydrogen (secondary N) is 1. The molecule has 1 aromatic carbocycles. The van der Waals surface area contributed by atoms with Gasteiger partial charge in [0.2, 0.25) is 15.9 Å². The first kappa shape index (κ1) is 16.5. The highest BCUT2D eigenvalue weighted by Gasteiger charge is 2.30. The van der Waals surface area contributed by atoms with Gasteiger partial charge in [-0.3, -0.25) is 4.79 Å². The van der Waals surface area contributed by atoms with E-state index >= 15 is 0 Å². The highest BCUT2D eigenvalue weighted by molar-refractivity contribution is 7.88. The summed E-state index contributed by atoms with van der Waals surface area (Å²) >= 11 is 11.9. The molecule has 21 heavy (non-hydrogen) atoms. The number of carbonyl (C=O) groups excluding carboxylic acids is 1. The van der Waals surface area contributed by atoms with Crippen LogP contribution in [0.15, 0.2) is 18.2 Å². The molecule has 8 heteroatoms. The molecule has 0 bridgehead atoms. The van der Waals surface area contributed by atoms with Crippen molar-refractivity contribution in [3.63, 3.8) is 0 Å². The SMILES string of the molecule is CS(=O)(=O)N1CCCC(C(=O)Nc2cccc(Cl)c2Cl)C1. The molecule has 0 aliphatic carbocycles. The van der Waals surface area contributed by atoms with Gasteiger partial charge in [0.15, 0.2) is 0 Å². The second kappa shape index (κ2) is 6.52. The molecule has 0 radical (unpaired) electrons. The van der Waals surface area contributed by atoms with Gasteiger partial charge in [0, 0.05) is 13.1 Å². The Hall–Kier alpha value is -0.820. The van der Waals surface area contributed by atoms with Crippen molar-refractivity contribution in [2.45, 2.75) is 12.8 Å². The fraction of sp³-hybridized carbons (Fsp3) is 0.462. The summed E-state index contributed by atoms with van der Waals surface area (Å²) in [5, 5.41) is 3.35. The van der Waals surface area contributed by atoms with Gasteiger partial charge >= 0.3 is 0 Å². The van der Waals surface area contributed by atoms with E-state index in [2.05, 4.69) is 5.32 Å². The minimum atomic E-state index is -3.27. The van der Waals surface area contributed by atoms with Crippen molar-refractivity contribution in [3.8, 4) is 0 Å². The quantitative estimate of drug-likeness (QED) is 0.910. The lowest BCUT2D eigenvalue weighted by atomic mass is 9.99. The first-order valence-electron chi connectivity index (χ1n) is 6.49. The lowest BCUT2D eigenvalue weighted by molar-refractivity contribution is -0.120. The van der Waals surface area contributed by atoms with E-state index in [9.17, 15) is 13.2 Å². The van der Waals surface area contributed by atoms with Crippen LogP contribution in [0.5, 0.6) is 0 Å². The Morgan fingerprint density at radius 3 is 2.76 bits per heavy atom. The Balaban J connectivity index is 2.08. The Kier molecular flexibility index (Phi) is 5.14. The first-order chi connectivity index (χ1) is 9.79. The van der Waals surface area contributed by atoms with Crippen molar-refractivity contribution in [2.75, 3.05) is 24.7 Å². The molecule has 1 heterocycles. The van der Waals surface area contributed by atoms with Crippen LogP contribution in [-0.4, -0.2) is 38.0 Å². The van der Waals surface area contributed by atoms with Crippen LogP contribution in [0.4, 0.5) is 5.69 Å². The molecule has 1 aromatic rings. The normalized spacial score (nSPS) is 20.2. The van der Waals surface area contributed by atoms with E-state index in [4.69, 9.17) is 23.2 Å². The van der Waals surface area contributed by atoms with Gasteiger partial charge in [0.25, 0.3) is 0 Å². The van der Waals surface area contributed by atoms with Crippen molar-refractivity contribution in [1.82, 2.24) is 4.31 Å². The molecule has 5 nitrogen and oxygen atoms in total. The average molecular weight is 351 g/mol. The minimum absolute atomic E-state index is 0.197. The van der Waals surface area contributed by atoms with Gasteiger partial charge in [-0.25, -0.2) is 12.7 Å². The summed E-state index contributed by atoms with van der Waals surface area (Å²) in [7, 11) is -3.27. The Morgan fingerprint density at radius 1 is 1.38 bits per heavy atom. The number of carbonyl (C=O) groups is 1. The van der Waals surface area contributed by atoms with E-state index in [1.807, 2.05) is 0 Å². The fourth-order valence-electron chi connectivity index (χ4n) is 2.29. The van der Waals surface area contributed by atoms with Crippen molar-refractivity contribution in [3.05, 3.63) is 28.2 Å². The summed E-state index contributed by atoms with van der Waals surface area (Å²) in [6.45, 7) is 0.656. The van der Waals surface area contributed by atoms with Crippen LogP contribution in [-0.2, 0) is 14.8 Å². The molecule has 0 saturated carbocycles. The average Bonchev–Trinajstić information content (AvgIpc) is 2.43. The molecule has 1 fully saturated rings. The van der Waals surface area contributed by atoms with E-state index in [1.165, 1.54) is 4.31 Å². The Labute approximate surface area is 134 Å². The number of hydrogen-bond acceptors (Lipinski definition) is 3. The predicted octanol–water partition coefficient (Wildman–Crippen LogP) is 2.60. The van der Waals surface area contributed by atoms with Gasteiger partial charge in [0.1, 0.15) is 0 Å². The Morgan fingerprint density at radius 2 is 2.10 bits per heavy atom. The lowest BCUT2D eigenvalue weighted by Crippen LogP contribution is -2.43. The van der Waals surface area contributed by atoms with Gasteiger partial charge in [-0.1, -0.05) is 29.3 Å². The van der Waals surface area contributed by atoms with Gasteiger partial charge < -0.3 is 5.32 Å². The molecule has 1 aliphatic heterocycles. The number of sulfonamides is 1. The summed E-state index contributed by atoms with van der Waals surface area (Å²) in [4.78, 5) is 12.3. The van der Waals surface area contributed by atoms with Crippen LogP contribution in [0.2, 0.25) is 10.0 Å². The molecule has 1 N–H and O–H groups in total. The second-order valence-corrected chi connectivity index (χ2v) is 7.82. The molecule has 2 rings (SSSR count). The van der Waals surface area contributed by atoms with Crippen LogP contribution in [0.1, 0.15) is 12.8 Å². The number of nitrogens with zero attached hydrogens (tertiary/aromatic N) is 1. The lowest BCUT2D eigenvalue weighted by Gasteiger charge is -2.30. The predicted molar refractivity (Wildman–Crippen MR) is 84.2 cm³/mol. The number of rotatable bonds is 3. The number of halogens is 2. The molecule has 1 unspecified atom stereocenters. The summed E-state index contributed by atoms with van der Waals surface area (Å²) in [5.74, 6) is -0.629. The number of anilines is 1. The monoisotopic (exact) mass is 350 g/mol. The number of benzene rings is 1. The highest BCUT2D eigenvalue weighted by Crippen LogP contribution is 2.30. The van der Waals surface area contributed by atoms with Gasteiger partial charge in [-0.15, -0.1) is 0 Å². The van der Waals surface area contributed by atoms with Crippen molar-refractivity contribution < 1.29 is 13.2 Å². The number of hydrogen-bond donors (Lipinski definition) is 1. The largest absolute Gasteiger partial charge is 0.324 e. The third kappa shape index (κ3) is 4.10. The van der Waals surface area contributed by atoms with Crippen molar-refractivity contribution in [2.24, 2.45) is 5.92 Å². The van der Waals surface area contributed by atoms with Crippen molar-refractivity contribution >= 4 is 44.8 Å². The second-order valence-electron chi connectivity index (χ2n) is 5.05. The maximum absolute atomic E-state index is 12.3. The van der Waals surface area contributed by atoms with Gasteiger partial charge in [-0.2, -0.15) is 0 Å².